The van der Waals surface area contributed by atoms with Crippen molar-refractivity contribution >= 4 is 63.1 Å². The van der Waals surface area contributed by atoms with E-state index in [1.165, 1.54) is 17.4 Å². The maximum absolute atomic E-state index is 11.7. The van der Waals surface area contributed by atoms with Crippen molar-refractivity contribution in [3.05, 3.63) is 78.7 Å². The van der Waals surface area contributed by atoms with Gasteiger partial charge in [-0.2, -0.15) is 0 Å². The number of hydrogen-bond acceptors (Lipinski definition) is 7. The van der Waals surface area contributed by atoms with E-state index in [1.807, 2.05) is 31.2 Å². The van der Waals surface area contributed by atoms with Crippen molar-refractivity contribution in [3.8, 4) is 5.88 Å². The molecule has 0 radical (unpaired) electrons. The normalized spacial score (nSPS) is 14.5. The molecule has 1 aliphatic heterocycles. The number of aliphatic imine (C=N–C) groups is 1. The molecule has 0 atom stereocenters. The first-order valence-electron chi connectivity index (χ1n) is 10.1. The van der Waals surface area contributed by atoms with Gasteiger partial charge >= 0.3 is 5.63 Å². The molecule has 0 saturated carbocycles. The molecule has 2 aromatic carbocycles. The van der Waals surface area contributed by atoms with Gasteiger partial charge in [0, 0.05) is 39.9 Å². The number of nitrogens with zero attached hydrogens (tertiary/aromatic N) is 3. The molecular formula is C24H18ClN3O4S. The number of aliphatic hydroxyl groups excluding tert-OH is 1. The minimum atomic E-state index is -0.421. The Labute approximate surface area is 196 Å². The fourth-order valence-corrected chi connectivity index (χ4v) is 4.91. The number of thiazole rings is 1. The lowest BCUT2D eigenvalue weighted by Gasteiger charge is -2.03. The van der Waals surface area contributed by atoms with Crippen LogP contribution in [0.25, 0.3) is 22.6 Å². The number of allylic oxidation sites excluding steroid dienone is 1. The monoisotopic (exact) mass is 479 g/mol. The summed E-state index contributed by atoms with van der Waals surface area (Å²) in [5.41, 5.74) is 3.93. The summed E-state index contributed by atoms with van der Waals surface area (Å²) in [4.78, 5) is 21.9. The highest BCUT2D eigenvalue weighted by molar-refractivity contribution is 7.10. The summed E-state index contributed by atoms with van der Waals surface area (Å²) >= 11 is 7.33. The summed E-state index contributed by atoms with van der Waals surface area (Å²) in [5, 5.41) is 21.8. The summed E-state index contributed by atoms with van der Waals surface area (Å²) in [7, 11) is 0. The van der Waals surface area contributed by atoms with Crippen molar-refractivity contribution in [2.75, 3.05) is 6.61 Å². The van der Waals surface area contributed by atoms with Gasteiger partial charge in [-0.15, -0.1) is 0 Å². The Morgan fingerprint density at radius 1 is 1.24 bits per heavy atom. The molecule has 2 N–H and O–H groups in total. The van der Waals surface area contributed by atoms with Crippen LogP contribution in [0.2, 0.25) is 5.02 Å². The van der Waals surface area contributed by atoms with E-state index in [2.05, 4.69) is 9.98 Å². The first kappa shape index (κ1) is 21.4. The van der Waals surface area contributed by atoms with Crippen LogP contribution in [0.3, 0.4) is 0 Å². The van der Waals surface area contributed by atoms with Gasteiger partial charge in [-0.1, -0.05) is 29.0 Å². The van der Waals surface area contributed by atoms with E-state index >= 15 is 0 Å². The van der Waals surface area contributed by atoms with Crippen LogP contribution >= 0.6 is 22.9 Å². The number of aliphatic hydroxyl groups is 1. The van der Waals surface area contributed by atoms with E-state index < -0.39 is 5.63 Å². The zero-order valence-electron chi connectivity index (χ0n) is 17.4. The third-order valence-corrected chi connectivity index (χ3v) is 6.54. The quantitative estimate of drug-likeness (QED) is 0.410. The number of aromatic hydroxyl groups is 1. The van der Waals surface area contributed by atoms with Gasteiger partial charge in [-0.05, 0) is 42.8 Å². The molecule has 0 bridgehead atoms. The summed E-state index contributed by atoms with van der Waals surface area (Å²) in [5.74, 6) is -0.000668. The number of fused-ring (bicyclic) bond motifs is 2. The predicted octanol–water partition coefficient (Wildman–Crippen LogP) is 4.80. The molecular weight excluding hydrogens is 462 g/mol. The summed E-state index contributed by atoms with van der Waals surface area (Å²) in [6.45, 7) is 1.86. The largest absolute Gasteiger partial charge is 0.493 e. The maximum Gasteiger partial charge on any atom is 0.336 e. The Bertz CT molecular complexity index is 1590. The minimum Gasteiger partial charge on any atom is -0.493 e. The molecule has 4 aromatic rings. The van der Waals surface area contributed by atoms with Gasteiger partial charge in [0.05, 0.1) is 29.4 Å². The first-order chi connectivity index (χ1) is 15.9. The van der Waals surface area contributed by atoms with Crippen LogP contribution in [-0.2, 0) is 6.54 Å². The van der Waals surface area contributed by atoms with Gasteiger partial charge in [-0.3, -0.25) is 9.56 Å². The summed E-state index contributed by atoms with van der Waals surface area (Å²) in [6.07, 6.45) is 3.56. The van der Waals surface area contributed by atoms with Crippen LogP contribution in [-0.4, -0.2) is 27.6 Å². The predicted molar refractivity (Wildman–Crippen MR) is 131 cm³/mol. The Kier molecular flexibility index (Phi) is 5.49. The highest BCUT2D eigenvalue weighted by Crippen LogP contribution is 2.36. The van der Waals surface area contributed by atoms with Crippen molar-refractivity contribution < 1.29 is 14.6 Å². The lowest BCUT2D eigenvalue weighted by molar-refractivity contribution is 0.265. The van der Waals surface area contributed by atoms with Crippen LogP contribution in [0, 0.1) is 6.92 Å². The van der Waals surface area contributed by atoms with E-state index in [1.54, 1.807) is 29.0 Å². The van der Waals surface area contributed by atoms with Gasteiger partial charge in [0.2, 0.25) is 5.88 Å². The van der Waals surface area contributed by atoms with Crippen LogP contribution < -0.4 is 10.4 Å². The van der Waals surface area contributed by atoms with E-state index in [0.29, 0.717) is 26.0 Å². The van der Waals surface area contributed by atoms with Gasteiger partial charge in [0.1, 0.15) is 5.58 Å². The number of aryl methyl sites for hydroxylation is 1. The zero-order chi connectivity index (χ0) is 23.1. The topological polar surface area (TPSA) is 100 Å². The summed E-state index contributed by atoms with van der Waals surface area (Å²) in [6, 6.07) is 12.3. The fourth-order valence-electron chi connectivity index (χ4n) is 3.72. The first-order valence-corrected chi connectivity index (χ1v) is 11.3. The zero-order valence-corrected chi connectivity index (χ0v) is 19.0. The van der Waals surface area contributed by atoms with E-state index in [9.17, 15) is 15.0 Å². The molecule has 3 heterocycles. The molecule has 7 nitrogen and oxygen atoms in total. The molecule has 0 fully saturated rings. The van der Waals surface area contributed by atoms with Crippen LogP contribution in [0.5, 0.6) is 5.88 Å². The molecule has 0 saturated heterocycles. The molecule has 0 spiro atoms. The third-order valence-electron chi connectivity index (χ3n) is 5.29. The highest BCUT2D eigenvalue weighted by Gasteiger charge is 2.16. The van der Waals surface area contributed by atoms with Crippen molar-refractivity contribution in [1.29, 1.82) is 0 Å². The Morgan fingerprint density at radius 2 is 2.09 bits per heavy atom. The highest BCUT2D eigenvalue weighted by atomic mass is 35.5. The lowest BCUT2D eigenvalue weighted by Crippen LogP contribution is -2.16. The van der Waals surface area contributed by atoms with Gasteiger partial charge in [-0.25, -0.2) is 9.79 Å². The average molecular weight is 480 g/mol. The number of benzene rings is 2. The molecule has 1 aliphatic rings. The lowest BCUT2D eigenvalue weighted by atomic mass is 10.1. The number of aromatic nitrogens is 1. The Hall–Kier alpha value is -3.46. The molecule has 166 valence electrons. The molecule has 33 heavy (non-hydrogen) atoms. The second-order valence-electron chi connectivity index (χ2n) is 7.51. The Balaban J connectivity index is 1.62. The van der Waals surface area contributed by atoms with Crippen molar-refractivity contribution in [3.63, 3.8) is 0 Å². The standard InChI is InChI=1S/C24H18ClN3O4S/c1-13-8-22(30)32-20-11-16(3-5-17(13)20)27-24-28(6-7-29)23(31)21(33-24)9-14-12-26-19-10-15(25)2-4-18(14)19/h2-5,8-12,29,31H,6-7H2,1H3. The molecule has 5 rings (SSSR count). The van der Waals surface area contributed by atoms with E-state index in [4.69, 9.17) is 16.0 Å². The molecule has 0 aliphatic carbocycles. The van der Waals surface area contributed by atoms with Crippen LogP contribution in [0.15, 0.2) is 61.7 Å². The van der Waals surface area contributed by atoms with E-state index in [-0.39, 0.29) is 19.0 Å². The van der Waals surface area contributed by atoms with Crippen molar-refractivity contribution in [1.82, 2.24) is 4.57 Å². The summed E-state index contributed by atoms with van der Waals surface area (Å²) < 4.78 is 6.86. The average Bonchev–Trinajstić information content (AvgIpc) is 3.29. The molecule has 0 amide bonds. The second kappa shape index (κ2) is 8.47. The second-order valence-corrected chi connectivity index (χ2v) is 8.95. The SMILES string of the molecule is Cc1cc(=O)oc2cc(N=c3sc(C=C4C=Nc5cc(Cl)ccc54)c(O)n3CCO)ccc12. The molecule has 0 unspecified atom stereocenters. The van der Waals surface area contributed by atoms with E-state index in [0.717, 1.165) is 27.8 Å². The number of halogens is 1. The van der Waals surface area contributed by atoms with Crippen LogP contribution in [0.1, 0.15) is 16.0 Å². The fraction of sp³-hybridized carbons (Fsp3) is 0.125. The third kappa shape index (κ3) is 4.04. The van der Waals surface area contributed by atoms with Gasteiger partial charge in [0.15, 0.2) is 4.80 Å². The Morgan fingerprint density at radius 3 is 2.91 bits per heavy atom. The maximum atomic E-state index is 11.7. The van der Waals surface area contributed by atoms with Crippen LogP contribution in [0.4, 0.5) is 11.4 Å². The number of rotatable bonds is 4. The van der Waals surface area contributed by atoms with Crippen molar-refractivity contribution in [2.24, 2.45) is 9.98 Å². The minimum absolute atomic E-state index is 0.000668. The smallest absolute Gasteiger partial charge is 0.336 e. The molecule has 9 heteroatoms. The van der Waals surface area contributed by atoms with Crippen molar-refractivity contribution in [2.45, 2.75) is 13.5 Å². The molecule has 2 aromatic heterocycles. The van der Waals surface area contributed by atoms with Gasteiger partial charge in [0.25, 0.3) is 0 Å². The number of hydrogen-bond donors (Lipinski definition) is 2. The van der Waals surface area contributed by atoms with Gasteiger partial charge < -0.3 is 14.6 Å².